The molecule has 2 unspecified atom stereocenters. The number of hydrogen-bond donors (Lipinski definition) is 2. The fourth-order valence-electron chi connectivity index (χ4n) is 1.45. The zero-order valence-corrected chi connectivity index (χ0v) is 10.4. The van der Waals surface area contributed by atoms with E-state index in [0.29, 0.717) is 12.5 Å². The Morgan fingerprint density at radius 1 is 1.53 bits per heavy atom. The fraction of sp³-hybridized carbons (Fsp3) is 0.900. The van der Waals surface area contributed by atoms with Crippen molar-refractivity contribution >= 4 is 17.9 Å². The van der Waals surface area contributed by atoms with Crippen LogP contribution in [-0.4, -0.2) is 35.8 Å². The summed E-state index contributed by atoms with van der Waals surface area (Å²) < 4.78 is 5.19. The highest BCUT2D eigenvalue weighted by Gasteiger charge is 2.29. The van der Waals surface area contributed by atoms with Gasteiger partial charge in [0.2, 0.25) is 0 Å². The minimum absolute atomic E-state index is 0.162. The van der Waals surface area contributed by atoms with Gasteiger partial charge in [-0.1, -0.05) is 0 Å². The lowest BCUT2D eigenvalue weighted by Crippen LogP contribution is -2.44. The Morgan fingerprint density at radius 2 is 2.20 bits per heavy atom. The molecule has 1 fully saturated rings. The van der Waals surface area contributed by atoms with Crippen LogP contribution in [0.5, 0.6) is 0 Å². The number of nitrogens with one attached hydrogen (secondary N) is 1. The average molecular weight is 232 g/mol. The van der Waals surface area contributed by atoms with Crippen LogP contribution in [0.1, 0.15) is 20.8 Å². The van der Waals surface area contributed by atoms with Crippen LogP contribution in [0, 0.1) is 5.92 Å². The number of carbonyl (C=O) groups is 1. The van der Waals surface area contributed by atoms with E-state index in [9.17, 15) is 4.79 Å². The number of nitrogens with two attached hydrogens (primary N) is 1. The highest BCUT2D eigenvalue weighted by molar-refractivity contribution is 7.99. The Labute approximate surface area is 95.3 Å². The molecule has 1 aliphatic rings. The predicted octanol–water partition coefficient (Wildman–Crippen LogP) is 1.20. The maximum absolute atomic E-state index is 11.5. The van der Waals surface area contributed by atoms with Gasteiger partial charge in [0.25, 0.3) is 0 Å². The summed E-state index contributed by atoms with van der Waals surface area (Å²) in [6.45, 7) is 6.19. The van der Waals surface area contributed by atoms with E-state index in [1.54, 1.807) is 0 Å². The Balaban J connectivity index is 2.37. The summed E-state index contributed by atoms with van der Waals surface area (Å²) in [5.41, 5.74) is 5.19. The third kappa shape index (κ3) is 4.30. The lowest BCUT2D eigenvalue weighted by Gasteiger charge is -2.23. The molecule has 15 heavy (non-hydrogen) atoms. The minimum Gasteiger partial charge on any atom is -0.444 e. The van der Waals surface area contributed by atoms with Crippen molar-refractivity contribution in [2.24, 2.45) is 11.7 Å². The summed E-state index contributed by atoms with van der Waals surface area (Å²) in [5, 5.41) is 2.87. The maximum Gasteiger partial charge on any atom is 0.407 e. The van der Waals surface area contributed by atoms with Crippen LogP contribution in [0.2, 0.25) is 0 Å². The van der Waals surface area contributed by atoms with E-state index in [1.165, 1.54) is 0 Å². The third-order valence-electron chi connectivity index (χ3n) is 2.20. The highest BCUT2D eigenvalue weighted by atomic mass is 32.2. The minimum atomic E-state index is -0.436. The van der Waals surface area contributed by atoms with E-state index in [1.807, 2.05) is 32.5 Å². The quantitative estimate of drug-likeness (QED) is 0.751. The standard InChI is InChI=1S/C10H20N2O2S/c1-10(2,3)14-9(13)12-8-6-15-5-7(8)4-11/h7-8H,4-6,11H2,1-3H3,(H,12,13). The molecular weight excluding hydrogens is 212 g/mol. The molecule has 2 atom stereocenters. The van der Waals surface area contributed by atoms with Gasteiger partial charge in [-0.05, 0) is 33.1 Å². The second kappa shape index (κ2) is 5.07. The molecule has 1 amide bonds. The van der Waals surface area contributed by atoms with E-state index in [0.717, 1.165) is 11.5 Å². The largest absolute Gasteiger partial charge is 0.444 e. The Morgan fingerprint density at radius 3 is 2.73 bits per heavy atom. The lowest BCUT2D eigenvalue weighted by molar-refractivity contribution is 0.0499. The first kappa shape index (κ1) is 12.6. The molecule has 0 aromatic rings. The van der Waals surface area contributed by atoms with Crippen molar-refractivity contribution in [1.29, 1.82) is 0 Å². The Hall–Kier alpha value is -0.420. The van der Waals surface area contributed by atoms with Gasteiger partial charge in [-0.2, -0.15) is 11.8 Å². The molecule has 0 radical (unpaired) electrons. The van der Waals surface area contributed by atoms with Crippen LogP contribution in [0.15, 0.2) is 0 Å². The van der Waals surface area contributed by atoms with E-state index in [4.69, 9.17) is 10.5 Å². The molecule has 0 saturated carbocycles. The SMILES string of the molecule is CC(C)(C)OC(=O)NC1CSCC1CN. The number of hydrogen-bond acceptors (Lipinski definition) is 4. The summed E-state index contributed by atoms with van der Waals surface area (Å²) in [6, 6.07) is 0.162. The molecular formula is C10H20N2O2S. The molecule has 1 heterocycles. The molecule has 0 bridgehead atoms. The number of ether oxygens (including phenoxy) is 1. The molecule has 0 aromatic heterocycles. The first-order chi connectivity index (χ1) is 6.92. The van der Waals surface area contributed by atoms with Crippen molar-refractivity contribution < 1.29 is 9.53 Å². The van der Waals surface area contributed by atoms with Gasteiger partial charge in [0.1, 0.15) is 5.60 Å². The normalized spacial score (nSPS) is 26.4. The second-order valence-electron chi connectivity index (χ2n) is 4.79. The van der Waals surface area contributed by atoms with Gasteiger partial charge >= 0.3 is 6.09 Å². The van der Waals surface area contributed by atoms with Crippen LogP contribution in [0.3, 0.4) is 0 Å². The van der Waals surface area contributed by atoms with Crippen LogP contribution < -0.4 is 11.1 Å². The third-order valence-corrected chi connectivity index (χ3v) is 3.46. The van der Waals surface area contributed by atoms with Crippen molar-refractivity contribution in [1.82, 2.24) is 5.32 Å². The fourth-order valence-corrected chi connectivity index (χ4v) is 2.87. The highest BCUT2D eigenvalue weighted by Crippen LogP contribution is 2.23. The van der Waals surface area contributed by atoms with Crippen molar-refractivity contribution in [3.8, 4) is 0 Å². The first-order valence-electron chi connectivity index (χ1n) is 5.19. The Kier molecular flexibility index (Phi) is 4.28. The smallest absolute Gasteiger partial charge is 0.407 e. The van der Waals surface area contributed by atoms with E-state index in [2.05, 4.69) is 5.32 Å². The second-order valence-corrected chi connectivity index (χ2v) is 5.86. The van der Waals surface area contributed by atoms with Crippen LogP contribution in [-0.2, 0) is 4.74 Å². The van der Waals surface area contributed by atoms with Crippen LogP contribution >= 0.6 is 11.8 Å². The van der Waals surface area contributed by atoms with Gasteiger partial charge < -0.3 is 15.8 Å². The number of thioether (sulfide) groups is 1. The van der Waals surface area contributed by atoms with Gasteiger partial charge in [0.15, 0.2) is 0 Å². The molecule has 0 aromatic carbocycles. The molecule has 0 spiro atoms. The Bertz CT molecular complexity index is 228. The predicted molar refractivity (Wildman–Crippen MR) is 63.0 cm³/mol. The number of alkyl carbamates (subject to hydrolysis) is 1. The summed E-state index contributed by atoms with van der Waals surface area (Å²) in [5.74, 6) is 2.33. The van der Waals surface area contributed by atoms with Crippen molar-refractivity contribution in [3.05, 3.63) is 0 Å². The van der Waals surface area contributed by atoms with Gasteiger partial charge in [-0.3, -0.25) is 0 Å². The van der Waals surface area contributed by atoms with Crippen LogP contribution in [0.4, 0.5) is 4.79 Å². The zero-order chi connectivity index (χ0) is 11.5. The molecule has 1 rings (SSSR count). The summed E-state index contributed by atoms with van der Waals surface area (Å²) in [6.07, 6.45) is -0.339. The molecule has 3 N–H and O–H groups in total. The van der Waals surface area contributed by atoms with Gasteiger partial charge in [0.05, 0.1) is 0 Å². The molecule has 0 aliphatic carbocycles. The van der Waals surface area contributed by atoms with Crippen molar-refractivity contribution in [2.75, 3.05) is 18.1 Å². The van der Waals surface area contributed by atoms with E-state index in [-0.39, 0.29) is 12.1 Å². The van der Waals surface area contributed by atoms with Crippen molar-refractivity contribution in [3.63, 3.8) is 0 Å². The molecule has 5 heteroatoms. The average Bonchev–Trinajstić information content (AvgIpc) is 2.48. The zero-order valence-electron chi connectivity index (χ0n) is 9.58. The van der Waals surface area contributed by atoms with E-state index >= 15 is 0 Å². The van der Waals surface area contributed by atoms with Gasteiger partial charge in [-0.25, -0.2) is 4.79 Å². The number of amides is 1. The first-order valence-corrected chi connectivity index (χ1v) is 6.35. The monoisotopic (exact) mass is 232 g/mol. The van der Waals surface area contributed by atoms with E-state index < -0.39 is 5.60 Å². The van der Waals surface area contributed by atoms with Gasteiger partial charge in [0, 0.05) is 17.7 Å². The topological polar surface area (TPSA) is 64.3 Å². The number of rotatable bonds is 2. The van der Waals surface area contributed by atoms with Crippen molar-refractivity contribution in [2.45, 2.75) is 32.4 Å². The van der Waals surface area contributed by atoms with Crippen LogP contribution in [0.25, 0.3) is 0 Å². The maximum atomic E-state index is 11.5. The molecule has 4 nitrogen and oxygen atoms in total. The lowest BCUT2D eigenvalue weighted by atomic mass is 10.0. The molecule has 88 valence electrons. The molecule has 1 saturated heterocycles. The number of carbonyl (C=O) groups excluding carboxylic acids is 1. The summed E-state index contributed by atoms with van der Waals surface area (Å²) in [4.78, 5) is 11.5. The van der Waals surface area contributed by atoms with Gasteiger partial charge in [-0.15, -0.1) is 0 Å². The molecule has 1 aliphatic heterocycles. The summed E-state index contributed by atoms with van der Waals surface area (Å²) in [7, 11) is 0. The summed E-state index contributed by atoms with van der Waals surface area (Å²) >= 11 is 1.82.